The maximum absolute atomic E-state index is 12.3. The summed E-state index contributed by atoms with van der Waals surface area (Å²) in [6.45, 7) is 5.28. The third kappa shape index (κ3) is 5.50. The molecule has 1 atom stereocenters. The minimum atomic E-state index is -0.0734. The van der Waals surface area contributed by atoms with Gasteiger partial charge in [0, 0.05) is 10.9 Å². The lowest BCUT2D eigenvalue weighted by Gasteiger charge is -2.24. The average molecular weight is 434 g/mol. The van der Waals surface area contributed by atoms with E-state index in [0.29, 0.717) is 25.6 Å². The minimum Gasteiger partial charge on any atom is -0.486 e. The lowest BCUT2D eigenvalue weighted by molar-refractivity contribution is -0.122. The average Bonchev–Trinajstić information content (AvgIpc) is 2.60. The molecule has 2 N–H and O–H groups in total. The highest BCUT2D eigenvalue weighted by molar-refractivity contribution is 9.10. The van der Waals surface area contributed by atoms with Crippen molar-refractivity contribution in [1.82, 2.24) is 10.6 Å². The number of rotatable bonds is 5. The van der Waals surface area contributed by atoms with Gasteiger partial charge in [-0.05, 0) is 62.9 Å². The van der Waals surface area contributed by atoms with Crippen LogP contribution in [0.2, 0.25) is 0 Å². The molecule has 2 aliphatic rings. The Bertz CT molecular complexity index is 594. The summed E-state index contributed by atoms with van der Waals surface area (Å²) in [7, 11) is 0. The van der Waals surface area contributed by atoms with Gasteiger partial charge in [-0.15, -0.1) is 12.4 Å². The normalized spacial score (nSPS) is 18.2. The van der Waals surface area contributed by atoms with Gasteiger partial charge in [-0.2, -0.15) is 0 Å². The summed E-state index contributed by atoms with van der Waals surface area (Å²) < 4.78 is 12.1. The number of benzene rings is 1. The lowest BCUT2D eigenvalue weighted by atomic mass is 9.93. The zero-order valence-corrected chi connectivity index (χ0v) is 16.9. The van der Waals surface area contributed by atoms with Gasteiger partial charge >= 0.3 is 0 Å². The predicted molar refractivity (Wildman–Crippen MR) is 104 cm³/mol. The Kier molecular flexibility index (Phi) is 7.84. The number of amides is 1. The van der Waals surface area contributed by atoms with Crippen molar-refractivity contribution < 1.29 is 14.3 Å². The molecule has 0 aromatic heterocycles. The summed E-state index contributed by atoms with van der Waals surface area (Å²) in [4.78, 5) is 12.3. The molecule has 2 heterocycles. The van der Waals surface area contributed by atoms with Crippen LogP contribution in [0.1, 0.15) is 44.2 Å². The summed E-state index contributed by atoms with van der Waals surface area (Å²) in [5, 5.41) is 6.46. The minimum absolute atomic E-state index is 0. The van der Waals surface area contributed by atoms with E-state index < -0.39 is 0 Å². The second kappa shape index (κ2) is 9.64. The molecule has 0 aliphatic carbocycles. The molecule has 7 heteroatoms. The summed E-state index contributed by atoms with van der Waals surface area (Å²) in [6.07, 6.45) is 3.92. The third-order valence-corrected chi connectivity index (χ3v) is 5.43. The molecule has 1 fully saturated rings. The fourth-order valence-electron chi connectivity index (χ4n) is 3.31. The fraction of sp³-hybridized carbons (Fsp3) is 0.611. The highest BCUT2D eigenvalue weighted by atomic mass is 79.9. The molecule has 1 aromatic rings. The molecule has 1 aromatic carbocycles. The van der Waals surface area contributed by atoms with Gasteiger partial charge in [0.05, 0.1) is 6.04 Å². The molecule has 1 unspecified atom stereocenters. The number of halogens is 2. The molecule has 1 amide bonds. The van der Waals surface area contributed by atoms with Crippen LogP contribution in [-0.4, -0.2) is 32.2 Å². The van der Waals surface area contributed by atoms with E-state index >= 15 is 0 Å². The maximum Gasteiger partial charge on any atom is 0.220 e. The van der Waals surface area contributed by atoms with E-state index in [4.69, 9.17) is 9.47 Å². The first-order valence-electron chi connectivity index (χ1n) is 8.72. The van der Waals surface area contributed by atoms with Gasteiger partial charge in [0.15, 0.2) is 11.5 Å². The van der Waals surface area contributed by atoms with Crippen molar-refractivity contribution in [2.75, 3.05) is 26.3 Å². The Labute approximate surface area is 163 Å². The number of carbonyl (C=O) groups excluding carboxylic acids is 1. The molecular weight excluding hydrogens is 408 g/mol. The number of ether oxygens (including phenoxy) is 2. The van der Waals surface area contributed by atoms with Gasteiger partial charge < -0.3 is 20.1 Å². The van der Waals surface area contributed by atoms with Gasteiger partial charge in [-0.3, -0.25) is 4.79 Å². The van der Waals surface area contributed by atoms with Crippen LogP contribution in [0.5, 0.6) is 11.5 Å². The van der Waals surface area contributed by atoms with E-state index in [-0.39, 0.29) is 24.4 Å². The van der Waals surface area contributed by atoms with E-state index in [1.807, 2.05) is 19.1 Å². The van der Waals surface area contributed by atoms with Crippen molar-refractivity contribution in [3.63, 3.8) is 0 Å². The highest BCUT2D eigenvalue weighted by Gasteiger charge is 2.20. The molecule has 3 rings (SSSR count). The summed E-state index contributed by atoms with van der Waals surface area (Å²) in [6, 6.07) is 3.80. The van der Waals surface area contributed by atoms with Gasteiger partial charge in [-0.25, -0.2) is 0 Å². The molecule has 0 spiro atoms. The zero-order valence-electron chi connectivity index (χ0n) is 14.5. The SMILES string of the molecule is CC(NC(=O)CCC1CCNCC1)c1cc2c(cc1Br)OCCO2.Cl. The highest BCUT2D eigenvalue weighted by Crippen LogP contribution is 2.37. The Hall–Kier alpha value is -0.980. The van der Waals surface area contributed by atoms with Crippen LogP contribution in [0.4, 0.5) is 0 Å². The standard InChI is InChI=1S/C18H25BrN2O3.ClH/c1-12(21-18(22)3-2-13-4-6-20-7-5-13)14-10-16-17(11-15(14)19)24-9-8-23-16;/h10-13,20H,2-9H2,1H3,(H,21,22);1H. The first kappa shape index (κ1) is 20.3. The smallest absolute Gasteiger partial charge is 0.220 e. The zero-order chi connectivity index (χ0) is 16.9. The molecule has 0 bridgehead atoms. The number of hydrogen-bond donors (Lipinski definition) is 2. The van der Waals surface area contributed by atoms with Crippen molar-refractivity contribution in [3.05, 3.63) is 22.2 Å². The topological polar surface area (TPSA) is 59.6 Å². The molecule has 1 saturated heterocycles. The number of nitrogens with one attached hydrogen (secondary N) is 2. The predicted octanol–water partition coefficient (Wildman–Crippen LogP) is 3.60. The third-order valence-electron chi connectivity index (χ3n) is 4.74. The number of carbonyl (C=O) groups is 1. The molecule has 5 nitrogen and oxygen atoms in total. The summed E-state index contributed by atoms with van der Waals surface area (Å²) in [5.74, 6) is 2.28. The van der Waals surface area contributed by atoms with Crippen molar-refractivity contribution in [2.45, 2.75) is 38.6 Å². The first-order valence-corrected chi connectivity index (χ1v) is 9.52. The van der Waals surface area contributed by atoms with Crippen LogP contribution in [0.3, 0.4) is 0 Å². The first-order chi connectivity index (χ1) is 11.6. The van der Waals surface area contributed by atoms with Crippen molar-refractivity contribution in [3.8, 4) is 11.5 Å². The summed E-state index contributed by atoms with van der Waals surface area (Å²) >= 11 is 3.57. The van der Waals surface area contributed by atoms with E-state index in [1.165, 1.54) is 12.8 Å². The Balaban J connectivity index is 0.00000225. The van der Waals surface area contributed by atoms with Crippen molar-refractivity contribution in [2.24, 2.45) is 5.92 Å². The second-order valence-corrected chi connectivity index (χ2v) is 7.39. The number of piperidine rings is 1. The van der Waals surface area contributed by atoms with Gasteiger partial charge in [-0.1, -0.05) is 15.9 Å². The van der Waals surface area contributed by atoms with Gasteiger partial charge in [0.25, 0.3) is 0 Å². The Morgan fingerprint density at radius 2 is 1.92 bits per heavy atom. The van der Waals surface area contributed by atoms with E-state index in [2.05, 4.69) is 26.6 Å². The van der Waals surface area contributed by atoms with Crippen molar-refractivity contribution >= 4 is 34.2 Å². The molecule has 0 saturated carbocycles. The molecule has 2 aliphatic heterocycles. The monoisotopic (exact) mass is 432 g/mol. The van der Waals surface area contributed by atoms with E-state index in [0.717, 1.165) is 41.0 Å². The van der Waals surface area contributed by atoms with E-state index in [9.17, 15) is 4.79 Å². The van der Waals surface area contributed by atoms with Gasteiger partial charge in [0.1, 0.15) is 13.2 Å². The fourth-order valence-corrected chi connectivity index (χ4v) is 3.97. The lowest BCUT2D eigenvalue weighted by Crippen LogP contribution is -2.30. The van der Waals surface area contributed by atoms with Gasteiger partial charge in [0.2, 0.25) is 5.91 Å². The Morgan fingerprint density at radius 1 is 1.28 bits per heavy atom. The quantitative estimate of drug-likeness (QED) is 0.745. The Morgan fingerprint density at radius 3 is 2.60 bits per heavy atom. The molecule has 140 valence electrons. The second-order valence-electron chi connectivity index (χ2n) is 6.54. The van der Waals surface area contributed by atoms with Crippen LogP contribution in [0.25, 0.3) is 0 Å². The number of hydrogen-bond acceptors (Lipinski definition) is 4. The van der Waals surface area contributed by atoms with E-state index in [1.54, 1.807) is 0 Å². The molecule has 25 heavy (non-hydrogen) atoms. The van der Waals surface area contributed by atoms with Crippen LogP contribution < -0.4 is 20.1 Å². The van der Waals surface area contributed by atoms with Crippen LogP contribution in [0.15, 0.2) is 16.6 Å². The van der Waals surface area contributed by atoms with Crippen molar-refractivity contribution in [1.29, 1.82) is 0 Å². The van der Waals surface area contributed by atoms with Crippen LogP contribution >= 0.6 is 28.3 Å². The summed E-state index contributed by atoms with van der Waals surface area (Å²) in [5.41, 5.74) is 1.01. The van der Waals surface area contributed by atoms with Crippen LogP contribution in [-0.2, 0) is 4.79 Å². The van der Waals surface area contributed by atoms with Crippen LogP contribution in [0, 0.1) is 5.92 Å². The maximum atomic E-state index is 12.3. The molecule has 0 radical (unpaired) electrons. The molecular formula is C18H26BrClN2O3. The largest absolute Gasteiger partial charge is 0.486 e. The number of fused-ring (bicyclic) bond motifs is 1.